The molecule has 3 aromatic rings. The van der Waals surface area contributed by atoms with Crippen molar-refractivity contribution in [1.82, 2.24) is 9.55 Å². The molecule has 2 heterocycles. The lowest BCUT2D eigenvalue weighted by Crippen LogP contribution is -2.29. The Balaban J connectivity index is 1.66. The molecule has 4 rings (SSSR count). The maximum atomic E-state index is 13.1. The number of nitrogens with one attached hydrogen (secondary N) is 1. The SMILES string of the molecule is Nc1c2ccccc2cn1C(CC1CCCCC1)C(=O)Nc1nccs1. The molecule has 136 valence electrons. The first-order valence-corrected chi connectivity index (χ1v) is 10.2. The first-order valence-electron chi connectivity index (χ1n) is 9.28. The number of thiazole rings is 1. The summed E-state index contributed by atoms with van der Waals surface area (Å²) in [4.78, 5) is 17.3. The molecule has 1 fully saturated rings. The van der Waals surface area contributed by atoms with Crippen molar-refractivity contribution in [3.05, 3.63) is 42.0 Å². The van der Waals surface area contributed by atoms with Crippen molar-refractivity contribution < 1.29 is 4.79 Å². The first kappa shape index (κ1) is 17.1. The summed E-state index contributed by atoms with van der Waals surface area (Å²) in [5, 5.41) is 7.55. The molecule has 0 radical (unpaired) electrons. The van der Waals surface area contributed by atoms with Crippen LogP contribution in [-0.2, 0) is 4.79 Å². The summed E-state index contributed by atoms with van der Waals surface area (Å²) in [7, 11) is 0. The molecular formula is C20H24N4OS. The fraction of sp³-hybridized carbons (Fsp3) is 0.400. The maximum Gasteiger partial charge on any atom is 0.249 e. The Morgan fingerprint density at radius 3 is 2.85 bits per heavy atom. The van der Waals surface area contributed by atoms with Gasteiger partial charge in [0.15, 0.2) is 5.13 Å². The fourth-order valence-electron chi connectivity index (χ4n) is 4.02. The van der Waals surface area contributed by atoms with Crippen LogP contribution in [0.2, 0.25) is 0 Å². The minimum Gasteiger partial charge on any atom is -0.385 e. The third-order valence-electron chi connectivity index (χ3n) is 5.38. The minimum atomic E-state index is -0.311. The summed E-state index contributed by atoms with van der Waals surface area (Å²) in [5.41, 5.74) is 6.43. The van der Waals surface area contributed by atoms with Gasteiger partial charge in [0.1, 0.15) is 11.9 Å². The predicted molar refractivity (Wildman–Crippen MR) is 107 cm³/mol. The van der Waals surface area contributed by atoms with E-state index in [0.717, 1.165) is 17.2 Å². The molecule has 26 heavy (non-hydrogen) atoms. The van der Waals surface area contributed by atoms with Crippen LogP contribution in [0.25, 0.3) is 10.8 Å². The lowest BCUT2D eigenvalue weighted by atomic mass is 9.84. The van der Waals surface area contributed by atoms with Gasteiger partial charge in [-0.3, -0.25) is 4.79 Å². The van der Waals surface area contributed by atoms with E-state index >= 15 is 0 Å². The second kappa shape index (κ2) is 7.50. The molecule has 0 aliphatic heterocycles. The predicted octanol–water partition coefficient (Wildman–Crippen LogP) is 4.83. The van der Waals surface area contributed by atoms with Gasteiger partial charge in [0.25, 0.3) is 0 Å². The Labute approximate surface area is 157 Å². The highest BCUT2D eigenvalue weighted by molar-refractivity contribution is 7.13. The highest BCUT2D eigenvalue weighted by atomic mass is 32.1. The van der Waals surface area contributed by atoms with Crippen LogP contribution in [0.3, 0.4) is 0 Å². The lowest BCUT2D eigenvalue weighted by Gasteiger charge is -2.27. The summed E-state index contributed by atoms with van der Waals surface area (Å²) >= 11 is 1.44. The number of anilines is 2. The van der Waals surface area contributed by atoms with E-state index < -0.39 is 0 Å². The van der Waals surface area contributed by atoms with Gasteiger partial charge >= 0.3 is 0 Å². The summed E-state index contributed by atoms with van der Waals surface area (Å²) in [6.07, 6.45) is 10.8. The van der Waals surface area contributed by atoms with Crippen LogP contribution < -0.4 is 11.1 Å². The highest BCUT2D eigenvalue weighted by Crippen LogP contribution is 2.35. The molecule has 0 spiro atoms. The van der Waals surface area contributed by atoms with Crippen molar-refractivity contribution in [3.8, 4) is 0 Å². The average molecular weight is 369 g/mol. The molecule has 1 saturated carbocycles. The second-order valence-corrected chi connectivity index (χ2v) is 7.99. The average Bonchev–Trinajstić information content (AvgIpc) is 3.29. The van der Waals surface area contributed by atoms with Crippen LogP contribution in [0.15, 0.2) is 42.0 Å². The van der Waals surface area contributed by atoms with Crippen molar-refractivity contribution >= 4 is 39.0 Å². The van der Waals surface area contributed by atoms with Gasteiger partial charge in [-0.1, -0.05) is 56.4 Å². The number of rotatable bonds is 5. The van der Waals surface area contributed by atoms with E-state index in [9.17, 15) is 4.79 Å². The van der Waals surface area contributed by atoms with E-state index in [1.807, 2.05) is 40.4 Å². The van der Waals surface area contributed by atoms with Crippen LogP contribution in [0.1, 0.15) is 44.6 Å². The van der Waals surface area contributed by atoms with Gasteiger partial charge in [0.05, 0.1) is 0 Å². The zero-order chi connectivity index (χ0) is 17.9. The van der Waals surface area contributed by atoms with E-state index in [1.165, 1.54) is 43.4 Å². The number of benzene rings is 1. The van der Waals surface area contributed by atoms with Gasteiger partial charge in [-0.25, -0.2) is 4.98 Å². The smallest absolute Gasteiger partial charge is 0.249 e. The molecule has 1 aliphatic carbocycles. The number of carbonyl (C=O) groups excluding carboxylic acids is 1. The molecule has 1 unspecified atom stereocenters. The minimum absolute atomic E-state index is 0.0301. The van der Waals surface area contributed by atoms with Crippen molar-refractivity contribution in [3.63, 3.8) is 0 Å². The number of nitrogen functional groups attached to an aromatic ring is 1. The molecule has 0 saturated heterocycles. The van der Waals surface area contributed by atoms with Gasteiger partial charge in [-0.15, -0.1) is 11.3 Å². The number of hydrogen-bond acceptors (Lipinski definition) is 4. The fourth-order valence-corrected chi connectivity index (χ4v) is 4.55. The Morgan fingerprint density at radius 1 is 1.31 bits per heavy atom. The molecular weight excluding hydrogens is 344 g/mol. The summed E-state index contributed by atoms with van der Waals surface area (Å²) < 4.78 is 1.96. The van der Waals surface area contributed by atoms with Crippen LogP contribution in [0.5, 0.6) is 0 Å². The standard InChI is InChI=1S/C20H24N4OS/c21-18-16-9-5-4-8-15(16)13-24(18)17(12-14-6-2-1-3-7-14)19(25)23-20-22-10-11-26-20/h4-5,8-11,13-14,17H,1-3,6-7,12,21H2,(H,22,23,25). The Bertz CT molecular complexity index is 880. The van der Waals surface area contributed by atoms with Gasteiger partial charge in [-0.05, 0) is 12.3 Å². The van der Waals surface area contributed by atoms with Crippen molar-refractivity contribution in [2.24, 2.45) is 5.92 Å². The first-order chi connectivity index (χ1) is 12.7. The monoisotopic (exact) mass is 368 g/mol. The zero-order valence-electron chi connectivity index (χ0n) is 14.7. The zero-order valence-corrected chi connectivity index (χ0v) is 15.5. The normalized spacial score (nSPS) is 16.6. The maximum absolute atomic E-state index is 13.1. The number of carbonyl (C=O) groups is 1. The summed E-state index contributed by atoms with van der Waals surface area (Å²) in [6, 6.07) is 7.72. The van der Waals surface area contributed by atoms with Crippen LogP contribution in [0.4, 0.5) is 10.9 Å². The molecule has 3 N–H and O–H groups in total. The van der Waals surface area contributed by atoms with Gasteiger partial charge < -0.3 is 15.6 Å². The largest absolute Gasteiger partial charge is 0.385 e. The molecule has 5 nitrogen and oxygen atoms in total. The van der Waals surface area contributed by atoms with E-state index in [-0.39, 0.29) is 11.9 Å². The lowest BCUT2D eigenvalue weighted by molar-refractivity contribution is -0.119. The van der Waals surface area contributed by atoms with E-state index in [0.29, 0.717) is 16.9 Å². The molecule has 0 bridgehead atoms. The van der Waals surface area contributed by atoms with Gasteiger partial charge in [0.2, 0.25) is 5.91 Å². The third kappa shape index (κ3) is 3.46. The topological polar surface area (TPSA) is 72.9 Å². The molecule has 6 heteroatoms. The number of amides is 1. The van der Waals surface area contributed by atoms with E-state index in [2.05, 4.69) is 10.3 Å². The highest BCUT2D eigenvalue weighted by Gasteiger charge is 2.28. The van der Waals surface area contributed by atoms with E-state index in [1.54, 1.807) is 6.20 Å². The Morgan fingerprint density at radius 2 is 2.12 bits per heavy atom. The molecule has 1 aromatic carbocycles. The van der Waals surface area contributed by atoms with Crippen LogP contribution >= 0.6 is 11.3 Å². The quantitative estimate of drug-likeness (QED) is 0.677. The third-order valence-corrected chi connectivity index (χ3v) is 6.06. The Hall–Kier alpha value is -2.34. The number of fused-ring (bicyclic) bond motifs is 1. The Kier molecular flexibility index (Phi) is 4.93. The molecule has 1 aliphatic rings. The summed E-state index contributed by atoms with van der Waals surface area (Å²) in [6.45, 7) is 0. The van der Waals surface area contributed by atoms with Crippen LogP contribution in [0, 0.1) is 5.92 Å². The van der Waals surface area contributed by atoms with E-state index in [4.69, 9.17) is 5.73 Å². The molecule has 2 aromatic heterocycles. The number of aromatic nitrogens is 2. The molecule has 1 atom stereocenters. The summed E-state index contributed by atoms with van der Waals surface area (Å²) in [5.74, 6) is 1.20. The van der Waals surface area contributed by atoms with Gasteiger partial charge in [0, 0.05) is 28.5 Å². The van der Waals surface area contributed by atoms with Crippen LogP contribution in [-0.4, -0.2) is 15.5 Å². The van der Waals surface area contributed by atoms with Crippen molar-refractivity contribution in [1.29, 1.82) is 0 Å². The number of nitrogens with zero attached hydrogens (tertiary/aromatic N) is 2. The van der Waals surface area contributed by atoms with Gasteiger partial charge in [-0.2, -0.15) is 0 Å². The van der Waals surface area contributed by atoms with Crippen molar-refractivity contribution in [2.75, 3.05) is 11.1 Å². The molecule has 1 amide bonds. The second-order valence-electron chi connectivity index (χ2n) is 7.09. The van der Waals surface area contributed by atoms with Crippen molar-refractivity contribution in [2.45, 2.75) is 44.6 Å². The number of nitrogens with two attached hydrogens (primary N) is 1. The number of hydrogen-bond donors (Lipinski definition) is 2.